The number of nitrogens with two attached hydrogens (primary N) is 1. The summed E-state index contributed by atoms with van der Waals surface area (Å²) in [4.78, 5) is 14.8. The summed E-state index contributed by atoms with van der Waals surface area (Å²) in [6.45, 7) is 1.97. The van der Waals surface area contributed by atoms with Crippen molar-refractivity contribution in [2.24, 2.45) is 0 Å². The number of pyridine rings is 1. The lowest BCUT2D eigenvalue weighted by Crippen LogP contribution is -2.03. The zero-order valence-electron chi connectivity index (χ0n) is 10.9. The zero-order chi connectivity index (χ0) is 14.1. The molecule has 0 aliphatic rings. The van der Waals surface area contributed by atoms with E-state index in [9.17, 15) is 4.79 Å². The first-order valence-corrected chi connectivity index (χ1v) is 6.17. The summed E-state index contributed by atoms with van der Waals surface area (Å²) in [5.41, 5.74) is 8.78. The van der Waals surface area contributed by atoms with Crippen LogP contribution in [0.4, 0.5) is 5.82 Å². The Bertz CT molecular complexity index is 818. The van der Waals surface area contributed by atoms with E-state index in [1.54, 1.807) is 12.4 Å². The molecule has 2 heterocycles. The van der Waals surface area contributed by atoms with Gasteiger partial charge in [-0.3, -0.25) is 4.79 Å². The number of benzene rings is 1. The number of nitrogens with zero attached hydrogens (tertiary/aromatic N) is 1. The third-order valence-corrected chi connectivity index (χ3v) is 3.20. The van der Waals surface area contributed by atoms with E-state index in [-0.39, 0.29) is 11.2 Å². The second-order valence-electron chi connectivity index (χ2n) is 4.51. The molecule has 3 N–H and O–H groups in total. The van der Waals surface area contributed by atoms with Crippen molar-refractivity contribution in [2.45, 2.75) is 6.92 Å². The van der Waals surface area contributed by atoms with Crippen LogP contribution >= 0.6 is 0 Å². The van der Waals surface area contributed by atoms with E-state index in [2.05, 4.69) is 10.1 Å². The molecule has 0 aliphatic heterocycles. The molecule has 0 saturated heterocycles. The Morgan fingerprint density at radius 2 is 2.00 bits per heavy atom. The van der Waals surface area contributed by atoms with Crippen molar-refractivity contribution in [2.75, 3.05) is 5.73 Å². The van der Waals surface area contributed by atoms with Gasteiger partial charge in [0.1, 0.15) is 0 Å². The lowest BCUT2D eigenvalue weighted by Gasteiger charge is -2.05. The largest absolute Gasteiger partial charge is 0.380 e. The van der Waals surface area contributed by atoms with Crippen LogP contribution in [0.2, 0.25) is 0 Å². The van der Waals surface area contributed by atoms with Gasteiger partial charge in [-0.25, -0.2) is 0 Å². The van der Waals surface area contributed by atoms with E-state index in [1.165, 1.54) is 6.07 Å². The smallest absolute Gasteiger partial charge is 0.192 e. The maximum Gasteiger partial charge on any atom is 0.192 e. The minimum absolute atomic E-state index is 0.144. The molecular weight excluding hydrogens is 254 g/mol. The highest BCUT2D eigenvalue weighted by atomic mass is 16.5. The van der Waals surface area contributed by atoms with Gasteiger partial charge in [0.2, 0.25) is 0 Å². The van der Waals surface area contributed by atoms with Gasteiger partial charge in [-0.2, -0.15) is 0 Å². The average Bonchev–Trinajstić information content (AvgIpc) is 2.82. The van der Waals surface area contributed by atoms with Gasteiger partial charge in [0, 0.05) is 18.5 Å². The van der Waals surface area contributed by atoms with E-state index in [4.69, 9.17) is 10.3 Å². The summed E-state index contributed by atoms with van der Waals surface area (Å²) in [5, 5.41) is 3.80. The third kappa shape index (κ3) is 1.89. The highest BCUT2D eigenvalue weighted by Crippen LogP contribution is 2.36. The molecule has 0 bridgehead atoms. The first-order chi connectivity index (χ1) is 9.68. The molecule has 5 nitrogen and oxygen atoms in total. The van der Waals surface area contributed by atoms with E-state index in [1.807, 2.05) is 31.2 Å². The minimum atomic E-state index is -0.144. The van der Waals surface area contributed by atoms with Crippen LogP contribution in [0.1, 0.15) is 5.56 Å². The fourth-order valence-electron chi connectivity index (χ4n) is 2.19. The highest BCUT2D eigenvalue weighted by Gasteiger charge is 2.20. The fraction of sp³-hybridized carbons (Fsp3) is 0.0667. The topological polar surface area (TPSA) is 84.9 Å². The lowest BCUT2D eigenvalue weighted by atomic mass is 9.98. The molecule has 3 aromatic rings. The Labute approximate surface area is 115 Å². The number of rotatable bonds is 2. The summed E-state index contributed by atoms with van der Waals surface area (Å²) in [7, 11) is 0. The fourth-order valence-corrected chi connectivity index (χ4v) is 2.19. The van der Waals surface area contributed by atoms with Crippen LogP contribution in [-0.4, -0.2) is 10.1 Å². The number of anilines is 1. The van der Waals surface area contributed by atoms with E-state index >= 15 is 0 Å². The van der Waals surface area contributed by atoms with Crippen molar-refractivity contribution < 1.29 is 4.52 Å². The van der Waals surface area contributed by atoms with Gasteiger partial charge in [0.25, 0.3) is 0 Å². The molecule has 0 atom stereocenters. The maximum atomic E-state index is 11.9. The second-order valence-corrected chi connectivity index (χ2v) is 4.51. The zero-order valence-corrected chi connectivity index (χ0v) is 10.9. The van der Waals surface area contributed by atoms with Crippen LogP contribution in [0.15, 0.2) is 52.0 Å². The van der Waals surface area contributed by atoms with E-state index < -0.39 is 0 Å². The first kappa shape index (κ1) is 12.2. The molecule has 3 rings (SSSR count). The molecule has 5 heteroatoms. The van der Waals surface area contributed by atoms with Crippen LogP contribution in [0, 0.1) is 6.92 Å². The first-order valence-electron chi connectivity index (χ1n) is 6.17. The molecule has 2 aromatic heterocycles. The molecule has 100 valence electrons. The molecule has 0 aliphatic carbocycles. The summed E-state index contributed by atoms with van der Waals surface area (Å²) < 4.78 is 5.28. The number of nitrogens with one attached hydrogen (secondary N) is 1. The molecule has 20 heavy (non-hydrogen) atoms. The molecule has 0 amide bonds. The van der Waals surface area contributed by atoms with Gasteiger partial charge in [0.05, 0.1) is 11.1 Å². The highest BCUT2D eigenvalue weighted by molar-refractivity contribution is 5.87. The summed E-state index contributed by atoms with van der Waals surface area (Å²) >= 11 is 0. The molecule has 1 aromatic carbocycles. The number of hydrogen-bond acceptors (Lipinski definition) is 4. The second kappa shape index (κ2) is 4.70. The number of aromatic nitrogens is 2. The van der Waals surface area contributed by atoms with Gasteiger partial charge in [-0.05, 0) is 18.1 Å². The molecule has 0 saturated carbocycles. The standard InChI is InChI=1S/C15H13N3O2/c1-9-4-2-3-5-10(9)13-14(20-18-15(13)16)11-8-17-7-6-12(11)19/h2-8H,1H3,(H2,16,18)(H,17,19). The lowest BCUT2D eigenvalue weighted by molar-refractivity contribution is 0.435. The van der Waals surface area contributed by atoms with Crippen molar-refractivity contribution in [3.8, 4) is 22.5 Å². The van der Waals surface area contributed by atoms with Crippen LogP contribution in [0.5, 0.6) is 0 Å². The predicted octanol–water partition coefficient (Wildman–Crippen LogP) is 2.59. The Balaban J connectivity index is 2.29. The molecule has 0 spiro atoms. The Kier molecular flexibility index (Phi) is 2.87. The van der Waals surface area contributed by atoms with Gasteiger partial charge >= 0.3 is 0 Å². The van der Waals surface area contributed by atoms with Gasteiger partial charge in [0.15, 0.2) is 17.0 Å². The summed E-state index contributed by atoms with van der Waals surface area (Å²) in [6, 6.07) is 9.20. The molecule has 0 fully saturated rings. The van der Waals surface area contributed by atoms with Crippen molar-refractivity contribution in [3.05, 3.63) is 58.5 Å². The van der Waals surface area contributed by atoms with E-state index in [0.717, 1.165) is 11.1 Å². The molecule has 0 radical (unpaired) electrons. The van der Waals surface area contributed by atoms with Crippen LogP contribution in [0.25, 0.3) is 22.5 Å². The Hall–Kier alpha value is -2.82. The number of nitrogen functional groups attached to an aromatic ring is 1. The Morgan fingerprint density at radius 3 is 2.75 bits per heavy atom. The van der Waals surface area contributed by atoms with Crippen molar-refractivity contribution >= 4 is 5.82 Å². The van der Waals surface area contributed by atoms with Crippen molar-refractivity contribution in [1.29, 1.82) is 0 Å². The monoisotopic (exact) mass is 267 g/mol. The van der Waals surface area contributed by atoms with Crippen LogP contribution in [0.3, 0.4) is 0 Å². The number of H-pyrrole nitrogens is 1. The normalized spacial score (nSPS) is 10.7. The number of hydrogen-bond donors (Lipinski definition) is 2. The SMILES string of the molecule is Cc1ccccc1-c1c(N)noc1-c1c[nH]ccc1=O. The number of aryl methyl sites for hydroxylation is 1. The van der Waals surface area contributed by atoms with Crippen LogP contribution in [-0.2, 0) is 0 Å². The van der Waals surface area contributed by atoms with Crippen molar-refractivity contribution in [1.82, 2.24) is 10.1 Å². The van der Waals surface area contributed by atoms with Gasteiger partial charge in [-0.1, -0.05) is 29.4 Å². The third-order valence-electron chi connectivity index (χ3n) is 3.20. The Morgan fingerprint density at radius 1 is 1.20 bits per heavy atom. The van der Waals surface area contributed by atoms with Gasteiger partial charge in [-0.15, -0.1) is 0 Å². The van der Waals surface area contributed by atoms with Crippen molar-refractivity contribution in [3.63, 3.8) is 0 Å². The minimum Gasteiger partial charge on any atom is -0.380 e. The maximum absolute atomic E-state index is 11.9. The average molecular weight is 267 g/mol. The summed E-state index contributed by atoms with van der Waals surface area (Å²) in [5.74, 6) is 0.663. The molecule has 0 unspecified atom stereocenters. The molecular formula is C15H13N3O2. The predicted molar refractivity (Wildman–Crippen MR) is 77.1 cm³/mol. The summed E-state index contributed by atoms with van der Waals surface area (Å²) in [6.07, 6.45) is 3.16. The van der Waals surface area contributed by atoms with E-state index in [0.29, 0.717) is 16.9 Å². The van der Waals surface area contributed by atoms with Gasteiger partial charge < -0.3 is 15.2 Å². The van der Waals surface area contributed by atoms with Crippen LogP contribution < -0.4 is 11.2 Å². The number of aromatic amines is 1. The quantitative estimate of drug-likeness (QED) is 0.747.